The lowest BCUT2D eigenvalue weighted by atomic mass is 9.84. The number of likely N-dealkylation sites (tertiary alicyclic amines) is 1. The number of rotatable bonds is 4. The third-order valence-corrected chi connectivity index (χ3v) is 7.23. The van der Waals surface area contributed by atoms with Crippen LogP contribution in [0.1, 0.15) is 47.2 Å². The third kappa shape index (κ3) is 4.38. The average molecular weight is 445 g/mol. The predicted molar refractivity (Wildman–Crippen MR) is 131 cm³/mol. The van der Waals surface area contributed by atoms with E-state index in [-0.39, 0.29) is 0 Å². The molecule has 4 heteroatoms. The first kappa shape index (κ1) is 21.4. The first-order valence-electron chi connectivity index (χ1n) is 11.6. The number of piperidine rings is 1. The van der Waals surface area contributed by atoms with Crippen molar-refractivity contribution in [2.45, 2.75) is 37.7 Å². The summed E-state index contributed by atoms with van der Waals surface area (Å²) in [5.74, 6) is 0. The van der Waals surface area contributed by atoms with Gasteiger partial charge in [-0.2, -0.15) is 0 Å². The van der Waals surface area contributed by atoms with Crippen LogP contribution in [0.5, 0.6) is 0 Å². The van der Waals surface area contributed by atoms with Gasteiger partial charge in [0.05, 0.1) is 5.60 Å². The molecule has 0 saturated carbocycles. The SMILES string of the molecule is OC1(c2ccc(Cl)cc2)CCN(CCC=C2c3ccccc3CCc3ncccc32)CC1. The van der Waals surface area contributed by atoms with Crippen LogP contribution >= 0.6 is 11.6 Å². The van der Waals surface area contributed by atoms with Gasteiger partial charge in [-0.15, -0.1) is 0 Å². The molecule has 1 saturated heterocycles. The van der Waals surface area contributed by atoms with E-state index in [2.05, 4.69) is 46.3 Å². The number of benzene rings is 2. The molecule has 1 aromatic heterocycles. The summed E-state index contributed by atoms with van der Waals surface area (Å²) in [6, 6.07) is 20.7. The van der Waals surface area contributed by atoms with Gasteiger partial charge in [-0.3, -0.25) is 4.98 Å². The standard InChI is InChI=1S/C28H29ClN2O/c29-23-12-10-22(11-13-23)28(32)15-19-31(20-16-28)18-4-8-25-24-6-2-1-5-21(24)9-14-27-26(25)7-3-17-30-27/h1-3,5-8,10-13,17,32H,4,9,14-16,18-20H2. The highest BCUT2D eigenvalue weighted by Gasteiger charge is 2.33. The van der Waals surface area contributed by atoms with Gasteiger partial charge in [0.15, 0.2) is 0 Å². The monoisotopic (exact) mass is 444 g/mol. The number of fused-ring (bicyclic) bond motifs is 2. The van der Waals surface area contributed by atoms with Crippen LogP contribution < -0.4 is 0 Å². The lowest BCUT2D eigenvalue weighted by molar-refractivity contribution is -0.0254. The molecule has 1 N–H and O–H groups in total. The molecule has 2 heterocycles. The normalized spacial score (nSPS) is 19.2. The lowest BCUT2D eigenvalue weighted by Crippen LogP contribution is -2.42. The molecule has 1 aliphatic carbocycles. The molecule has 3 nitrogen and oxygen atoms in total. The number of nitrogens with zero attached hydrogens (tertiary/aromatic N) is 2. The zero-order chi connectivity index (χ0) is 22.0. The van der Waals surface area contributed by atoms with Gasteiger partial charge in [0.25, 0.3) is 0 Å². The second kappa shape index (κ2) is 9.19. The molecular formula is C28H29ClN2O. The number of halogens is 1. The molecule has 0 unspecified atom stereocenters. The van der Waals surface area contributed by atoms with Crippen molar-refractivity contribution in [3.8, 4) is 0 Å². The van der Waals surface area contributed by atoms with Gasteiger partial charge in [0.1, 0.15) is 0 Å². The molecule has 2 aromatic carbocycles. The Morgan fingerprint density at radius 2 is 1.69 bits per heavy atom. The quantitative estimate of drug-likeness (QED) is 0.565. The van der Waals surface area contributed by atoms with Crippen LogP contribution in [-0.4, -0.2) is 34.6 Å². The molecule has 5 rings (SSSR count). The van der Waals surface area contributed by atoms with Crippen molar-refractivity contribution in [3.05, 3.63) is 106 Å². The zero-order valence-electron chi connectivity index (χ0n) is 18.3. The molecule has 0 atom stereocenters. The first-order valence-corrected chi connectivity index (χ1v) is 11.9. The fourth-order valence-corrected chi connectivity index (χ4v) is 5.21. The summed E-state index contributed by atoms with van der Waals surface area (Å²) in [6.45, 7) is 2.80. The molecule has 32 heavy (non-hydrogen) atoms. The van der Waals surface area contributed by atoms with E-state index < -0.39 is 5.60 Å². The Hall–Kier alpha value is -2.46. The summed E-state index contributed by atoms with van der Waals surface area (Å²) in [5, 5.41) is 11.8. The molecule has 3 aromatic rings. The van der Waals surface area contributed by atoms with E-state index >= 15 is 0 Å². The Labute approximate surface area is 195 Å². The van der Waals surface area contributed by atoms with Gasteiger partial charge >= 0.3 is 0 Å². The second-order valence-corrected chi connectivity index (χ2v) is 9.38. The Morgan fingerprint density at radius 3 is 2.50 bits per heavy atom. The molecule has 0 amide bonds. The van der Waals surface area contributed by atoms with Gasteiger partial charge in [-0.1, -0.05) is 60.1 Å². The third-order valence-electron chi connectivity index (χ3n) is 6.98. The van der Waals surface area contributed by atoms with E-state index in [0.717, 1.165) is 57.3 Å². The van der Waals surface area contributed by atoms with Gasteiger partial charge in [0.2, 0.25) is 0 Å². The van der Waals surface area contributed by atoms with Gasteiger partial charge in [-0.05, 0) is 72.6 Å². The van der Waals surface area contributed by atoms with E-state index in [1.807, 2.05) is 36.5 Å². The van der Waals surface area contributed by atoms with E-state index in [9.17, 15) is 5.11 Å². The van der Waals surface area contributed by atoms with E-state index in [1.165, 1.54) is 28.0 Å². The van der Waals surface area contributed by atoms with Crippen LogP contribution in [0.15, 0.2) is 72.9 Å². The van der Waals surface area contributed by atoms with Crippen molar-refractivity contribution < 1.29 is 5.11 Å². The molecule has 164 valence electrons. The smallest absolute Gasteiger partial charge is 0.0920 e. The number of aromatic nitrogens is 1. The summed E-state index contributed by atoms with van der Waals surface area (Å²) >= 11 is 6.01. The minimum atomic E-state index is -0.746. The number of pyridine rings is 1. The van der Waals surface area contributed by atoms with Crippen LogP contribution in [0.3, 0.4) is 0 Å². The van der Waals surface area contributed by atoms with Crippen molar-refractivity contribution in [1.82, 2.24) is 9.88 Å². The maximum atomic E-state index is 11.1. The molecule has 1 fully saturated rings. The van der Waals surface area contributed by atoms with Crippen LogP contribution in [0.4, 0.5) is 0 Å². The fourth-order valence-electron chi connectivity index (χ4n) is 5.09. The first-order chi connectivity index (χ1) is 15.6. The highest BCUT2D eigenvalue weighted by Crippen LogP contribution is 2.35. The van der Waals surface area contributed by atoms with E-state index in [4.69, 9.17) is 11.6 Å². The Kier molecular flexibility index (Phi) is 6.14. The molecule has 0 spiro atoms. The van der Waals surface area contributed by atoms with E-state index in [1.54, 1.807) is 0 Å². The maximum absolute atomic E-state index is 11.1. The van der Waals surface area contributed by atoms with Gasteiger partial charge in [0, 0.05) is 42.1 Å². The largest absolute Gasteiger partial charge is 0.385 e. The summed E-state index contributed by atoms with van der Waals surface area (Å²) in [6.07, 6.45) is 8.80. The summed E-state index contributed by atoms with van der Waals surface area (Å²) in [7, 11) is 0. The van der Waals surface area contributed by atoms with Crippen LogP contribution in [0.2, 0.25) is 5.02 Å². The van der Waals surface area contributed by atoms with Crippen molar-refractivity contribution in [3.63, 3.8) is 0 Å². The molecule has 0 bridgehead atoms. The molecule has 1 aliphatic heterocycles. The zero-order valence-corrected chi connectivity index (χ0v) is 19.1. The number of hydrogen-bond donors (Lipinski definition) is 1. The second-order valence-electron chi connectivity index (χ2n) is 8.94. The molecular weight excluding hydrogens is 416 g/mol. The summed E-state index contributed by atoms with van der Waals surface area (Å²) in [4.78, 5) is 7.14. The van der Waals surface area contributed by atoms with Crippen LogP contribution in [0, 0.1) is 0 Å². The highest BCUT2D eigenvalue weighted by molar-refractivity contribution is 6.30. The lowest BCUT2D eigenvalue weighted by Gasteiger charge is -2.38. The van der Waals surface area contributed by atoms with Crippen molar-refractivity contribution in [1.29, 1.82) is 0 Å². The highest BCUT2D eigenvalue weighted by atomic mass is 35.5. The Bertz CT molecular complexity index is 1060. The van der Waals surface area contributed by atoms with Crippen LogP contribution in [-0.2, 0) is 18.4 Å². The number of aryl methyl sites for hydroxylation is 2. The van der Waals surface area contributed by atoms with Gasteiger partial charge < -0.3 is 10.0 Å². The molecule has 0 radical (unpaired) electrons. The topological polar surface area (TPSA) is 36.4 Å². The maximum Gasteiger partial charge on any atom is 0.0920 e. The average Bonchev–Trinajstić information content (AvgIpc) is 2.98. The molecule has 2 aliphatic rings. The summed E-state index contributed by atoms with van der Waals surface area (Å²) in [5.41, 5.74) is 6.76. The van der Waals surface area contributed by atoms with Gasteiger partial charge in [-0.25, -0.2) is 0 Å². The van der Waals surface area contributed by atoms with Crippen molar-refractivity contribution >= 4 is 17.2 Å². The number of hydrogen-bond acceptors (Lipinski definition) is 3. The van der Waals surface area contributed by atoms with Crippen molar-refractivity contribution in [2.24, 2.45) is 0 Å². The van der Waals surface area contributed by atoms with Crippen molar-refractivity contribution in [2.75, 3.05) is 19.6 Å². The summed E-state index contributed by atoms with van der Waals surface area (Å²) < 4.78 is 0. The van der Waals surface area contributed by atoms with E-state index in [0.29, 0.717) is 5.02 Å². The fraction of sp³-hybridized carbons (Fsp3) is 0.321. The minimum absolute atomic E-state index is 0.708. The minimum Gasteiger partial charge on any atom is -0.385 e. The predicted octanol–water partition coefficient (Wildman–Crippen LogP) is 5.64. The van der Waals surface area contributed by atoms with Crippen LogP contribution in [0.25, 0.3) is 5.57 Å². The number of aliphatic hydroxyl groups is 1. The Balaban J connectivity index is 1.28. The Morgan fingerprint density at radius 1 is 0.938 bits per heavy atom.